The smallest absolute Gasteiger partial charge is 0.409 e. The Morgan fingerprint density at radius 3 is 2.64 bits per heavy atom. The lowest BCUT2D eigenvalue weighted by Crippen LogP contribution is -2.53. The fourth-order valence-electron chi connectivity index (χ4n) is 4.44. The van der Waals surface area contributed by atoms with Crippen LogP contribution in [0.3, 0.4) is 0 Å². The van der Waals surface area contributed by atoms with Crippen molar-refractivity contribution in [3.63, 3.8) is 0 Å². The second-order valence-corrected chi connectivity index (χ2v) is 7.82. The summed E-state index contributed by atoms with van der Waals surface area (Å²) in [6.07, 6.45) is 4.88. The van der Waals surface area contributed by atoms with E-state index in [2.05, 4.69) is 21.2 Å². The van der Waals surface area contributed by atoms with Gasteiger partial charge in [-0.25, -0.2) is 4.79 Å². The van der Waals surface area contributed by atoms with Gasteiger partial charge in [-0.2, -0.15) is 5.10 Å². The molecule has 1 atom stereocenters. The van der Waals surface area contributed by atoms with E-state index in [9.17, 15) is 9.59 Å². The predicted molar refractivity (Wildman–Crippen MR) is 104 cm³/mol. The molecule has 1 aromatic heterocycles. The molecule has 0 bridgehead atoms. The molecule has 152 valence electrons. The summed E-state index contributed by atoms with van der Waals surface area (Å²) in [6.45, 7) is 6.03. The zero-order valence-corrected chi connectivity index (χ0v) is 16.6. The van der Waals surface area contributed by atoms with Crippen molar-refractivity contribution in [2.24, 2.45) is 5.92 Å². The highest BCUT2D eigenvalue weighted by molar-refractivity contribution is 5.80. The molecule has 0 saturated carbocycles. The minimum absolute atomic E-state index is 0.0158. The topological polar surface area (TPSA) is 78.9 Å². The lowest BCUT2D eigenvalue weighted by Gasteiger charge is -2.38. The van der Waals surface area contributed by atoms with E-state index in [1.807, 2.05) is 4.90 Å². The van der Waals surface area contributed by atoms with Gasteiger partial charge in [-0.05, 0) is 50.7 Å². The van der Waals surface area contributed by atoms with Gasteiger partial charge >= 0.3 is 6.09 Å². The molecule has 3 heterocycles. The molecular weight excluding hydrogens is 358 g/mol. The summed E-state index contributed by atoms with van der Waals surface area (Å²) in [6, 6.07) is 2.17. The molecule has 8 heteroatoms. The Morgan fingerprint density at radius 2 is 1.86 bits per heavy atom. The predicted octanol–water partition coefficient (Wildman–Crippen LogP) is 1.48. The van der Waals surface area contributed by atoms with Crippen molar-refractivity contribution in [1.29, 1.82) is 0 Å². The van der Waals surface area contributed by atoms with Crippen molar-refractivity contribution in [3.8, 4) is 0 Å². The number of carbonyl (C=O) groups is 2. The van der Waals surface area contributed by atoms with Crippen LogP contribution in [0.15, 0.2) is 6.07 Å². The van der Waals surface area contributed by atoms with Crippen LogP contribution in [0.4, 0.5) is 10.6 Å². The zero-order valence-electron chi connectivity index (χ0n) is 16.6. The molecular formula is C20H29N5O3. The average molecular weight is 387 g/mol. The van der Waals surface area contributed by atoms with Crippen LogP contribution in [0, 0.1) is 5.92 Å². The van der Waals surface area contributed by atoms with Gasteiger partial charge in [-0.15, -0.1) is 5.10 Å². The molecule has 8 nitrogen and oxygen atoms in total. The highest BCUT2D eigenvalue weighted by atomic mass is 16.6. The number of aryl methyl sites for hydroxylation is 2. The van der Waals surface area contributed by atoms with Crippen molar-refractivity contribution < 1.29 is 14.3 Å². The monoisotopic (exact) mass is 387 g/mol. The molecule has 0 spiro atoms. The van der Waals surface area contributed by atoms with Crippen LogP contribution in [0.25, 0.3) is 0 Å². The van der Waals surface area contributed by atoms with Crippen molar-refractivity contribution >= 4 is 17.8 Å². The first-order chi connectivity index (χ1) is 13.7. The minimum atomic E-state index is -0.284. The Kier molecular flexibility index (Phi) is 5.64. The lowest BCUT2D eigenvalue weighted by atomic mass is 9.96. The molecule has 2 amide bonds. The Hall–Kier alpha value is -2.38. The van der Waals surface area contributed by atoms with Gasteiger partial charge in [0.2, 0.25) is 5.91 Å². The van der Waals surface area contributed by atoms with Crippen LogP contribution in [-0.4, -0.2) is 77.9 Å². The van der Waals surface area contributed by atoms with E-state index in [1.165, 1.54) is 5.56 Å². The van der Waals surface area contributed by atoms with Crippen LogP contribution in [-0.2, 0) is 22.4 Å². The van der Waals surface area contributed by atoms with Gasteiger partial charge in [0.05, 0.1) is 18.2 Å². The first-order valence-electron chi connectivity index (χ1n) is 10.5. The number of fused-ring (bicyclic) bond motifs is 1. The second kappa shape index (κ2) is 8.32. The van der Waals surface area contributed by atoms with Gasteiger partial charge in [0.15, 0.2) is 5.82 Å². The van der Waals surface area contributed by atoms with Crippen molar-refractivity contribution in [2.75, 3.05) is 50.8 Å². The van der Waals surface area contributed by atoms with Gasteiger partial charge in [0, 0.05) is 39.3 Å². The first-order valence-corrected chi connectivity index (χ1v) is 10.5. The molecule has 0 unspecified atom stereocenters. The number of ether oxygens (including phenoxy) is 1. The van der Waals surface area contributed by atoms with Crippen LogP contribution in [0.2, 0.25) is 0 Å². The standard InChI is InChI=1S/C20H29N5O3/c1-2-28-20(27)24-11-9-23(10-12-24)19(26)16-6-4-8-25(14-16)18-13-15-5-3-7-17(15)21-22-18/h13,16H,2-12,14H2,1H3/t16-/m0/s1. The number of nitrogens with zero attached hydrogens (tertiary/aromatic N) is 5. The van der Waals surface area contributed by atoms with Gasteiger partial charge in [0.1, 0.15) is 0 Å². The van der Waals surface area contributed by atoms with Crippen LogP contribution in [0.1, 0.15) is 37.4 Å². The maximum atomic E-state index is 13.0. The molecule has 0 radical (unpaired) electrons. The molecule has 0 N–H and O–H groups in total. The zero-order chi connectivity index (χ0) is 19.5. The van der Waals surface area contributed by atoms with Gasteiger partial charge < -0.3 is 19.4 Å². The van der Waals surface area contributed by atoms with E-state index in [0.717, 1.165) is 50.2 Å². The van der Waals surface area contributed by atoms with Gasteiger partial charge in [0.25, 0.3) is 0 Å². The molecule has 1 aliphatic carbocycles. The summed E-state index contributed by atoms with van der Waals surface area (Å²) in [4.78, 5) is 30.7. The number of rotatable bonds is 3. The Bertz CT molecular complexity index is 733. The summed E-state index contributed by atoms with van der Waals surface area (Å²) in [5, 5.41) is 8.82. The maximum Gasteiger partial charge on any atom is 0.409 e. The van der Waals surface area contributed by atoms with Gasteiger partial charge in [-0.1, -0.05) is 0 Å². The van der Waals surface area contributed by atoms with E-state index in [4.69, 9.17) is 4.74 Å². The van der Waals surface area contributed by atoms with Crippen LogP contribution >= 0.6 is 0 Å². The van der Waals surface area contributed by atoms with E-state index in [-0.39, 0.29) is 17.9 Å². The second-order valence-electron chi connectivity index (χ2n) is 7.82. The SMILES string of the molecule is CCOC(=O)N1CCN(C(=O)[C@H]2CCCN(c3cc4c(nn3)CCC4)C2)CC1. The highest BCUT2D eigenvalue weighted by Gasteiger charge is 2.33. The fraction of sp³-hybridized carbons (Fsp3) is 0.700. The van der Waals surface area contributed by atoms with Gasteiger partial charge in [-0.3, -0.25) is 4.79 Å². The number of piperazine rings is 1. The van der Waals surface area contributed by atoms with E-state index >= 15 is 0 Å². The third-order valence-electron chi connectivity index (χ3n) is 6.02. The largest absolute Gasteiger partial charge is 0.450 e. The van der Waals surface area contributed by atoms with Crippen LogP contribution < -0.4 is 4.90 Å². The molecule has 2 fully saturated rings. The molecule has 3 aliphatic rings. The quantitative estimate of drug-likeness (QED) is 0.782. The fourth-order valence-corrected chi connectivity index (χ4v) is 4.44. The Morgan fingerprint density at radius 1 is 1.07 bits per heavy atom. The van der Waals surface area contributed by atoms with Crippen molar-refractivity contribution in [1.82, 2.24) is 20.0 Å². The van der Waals surface area contributed by atoms with E-state index < -0.39 is 0 Å². The third-order valence-corrected chi connectivity index (χ3v) is 6.02. The molecule has 0 aromatic carbocycles. The summed E-state index contributed by atoms with van der Waals surface area (Å²) in [5.74, 6) is 1.09. The van der Waals surface area contributed by atoms with E-state index in [1.54, 1.807) is 11.8 Å². The lowest BCUT2D eigenvalue weighted by molar-refractivity contribution is -0.137. The average Bonchev–Trinajstić information content (AvgIpc) is 3.21. The minimum Gasteiger partial charge on any atom is -0.450 e. The number of hydrogen-bond acceptors (Lipinski definition) is 6. The normalized spacial score (nSPS) is 22.2. The van der Waals surface area contributed by atoms with Crippen molar-refractivity contribution in [3.05, 3.63) is 17.3 Å². The molecule has 4 rings (SSSR count). The number of aromatic nitrogens is 2. The number of piperidine rings is 1. The molecule has 28 heavy (non-hydrogen) atoms. The maximum absolute atomic E-state index is 13.0. The summed E-state index contributed by atoms with van der Waals surface area (Å²) in [7, 11) is 0. The Balaban J connectivity index is 1.34. The first kappa shape index (κ1) is 19.0. The summed E-state index contributed by atoms with van der Waals surface area (Å²) < 4.78 is 5.05. The Labute approximate surface area is 165 Å². The summed E-state index contributed by atoms with van der Waals surface area (Å²) >= 11 is 0. The molecule has 2 aliphatic heterocycles. The van der Waals surface area contributed by atoms with E-state index in [0.29, 0.717) is 39.3 Å². The molecule has 1 aromatic rings. The number of anilines is 1. The third kappa shape index (κ3) is 3.91. The molecule has 2 saturated heterocycles. The summed E-state index contributed by atoms with van der Waals surface area (Å²) in [5.41, 5.74) is 2.45. The number of amides is 2. The number of carbonyl (C=O) groups excluding carboxylic acids is 2. The van der Waals surface area contributed by atoms with Crippen molar-refractivity contribution in [2.45, 2.75) is 39.0 Å². The van der Waals surface area contributed by atoms with Crippen LogP contribution in [0.5, 0.6) is 0 Å². The number of hydrogen-bond donors (Lipinski definition) is 0. The highest BCUT2D eigenvalue weighted by Crippen LogP contribution is 2.27.